The normalized spacial score (nSPS) is 11.1. The van der Waals surface area contributed by atoms with Gasteiger partial charge in [-0.3, -0.25) is 0 Å². The number of carbonyl (C=O) groups excluding carboxylic acids is 1. The van der Waals surface area contributed by atoms with E-state index in [0.29, 0.717) is 13.0 Å². The van der Waals surface area contributed by atoms with Gasteiger partial charge in [0.1, 0.15) is 0 Å². The highest BCUT2D eigenvalue weighted by Crippen LogP contribution is 2.19. The second-order valence-electron chi connectivity index (χ2n) is 5.80. The van der Waals surface area contributed by atoms with Crippen LogP contribution >= 0.6 is 0 Å². The standard InChI is InChI=1S/C21H21N3O/c1-23-18-10-7-16(8-11-18)6-9-17-13-15-24(21(25)12-14-22)20-5-3-2-4-19(17)20/h2-11,13,15H,12,14,22H2,1H3/p+1. The number of hydrogen-bond acceptors (Lipinski definition) is 3. The maximum absolute atomic E-state index is 12.3. The van der Waals surface area contributed by atoms with E-state index in [9.17, 15) is 4.79 Å². The molecule has 0 amide bonds. The highest BCUT2D eigenvalue weighted by Gasteiger charge is 2.18. The lowest BCUT2D eigenvalue weighted by atomic mass is 10.1. The quantitative estimate of drug-likeness (QED) is 0.705. The summed E-state index contributed by atoms with van der Waals surface area (Å²) in [6.45, 7) is 0.352. The van der Waals surface area contributed by atoms with Crippen LogP contribution in [-0.4, -0.2) is 19.5 Å². The van der Waals surface area contributed by atoms with Gasteiger partial charge >= 0.3 is 5.91 Å². The Morgan fingerprint density at radius 3 is 2.56 bits per heavy atom. The maximum atomic E-state index is 12.3. The molecule has 0 aliphatic carbocycles. The van der Waals surface area contributed by atoms with E-state index < -0.39 is 0 Å². The third kappa shape index (κ3) is 3.75. The summed E-state index contributed by atoms with van der Waals surface area (Å²) in [7, 11) is 1.90. The second kappa shape index (κ2) is 7.73. The molecule has 0 saturated carbocycles. The second-order valence-corrected chi connectivity index (χ2v) is 5.80. The smallest absolute Gasteiger partial charge is 0.388 e. The molecule has 3 N–H and O–H groups in total. The summed E-state index contributed by atoms with van der Waals surface area (Å²) in [5, 5.41) is 4.15. The first kappa shape index (κ1) is 16.9. The van der Waals surface area contributed by atoms with Crippen molar-refractivity contribution in [1.82, 2.24) is 0 Å². The Morgan fingerprint density at radius 2 is 1.84 bits per heavy atom. The largest absolute Gasteiger partial charge is 0.393 e. The van der Waals surface area contributed by atoms with E-state index in [0.717, 1.165) is 27.7 Å². The predicted molar refractivity (Wildman–Crippen MR) is 103 cm³/mol. The summed E-state index contributed by atoms with van der Waals surface area (Å²) < 4.78 is 1.68. The summed E-state index contributed by atoms with van der Waals surface area (Å²) in [5.41, 5.74) is 9.70. The number of benzene rings is 2. The van der Waals surface area contributed by atoms with Crippen LogP contribution in [0.15, 0.2) is 60.8 Å². The molecule has 0 atom stereocenters. The van der Waals surface area contributed by atoms with Gasteiger partial charge in [0.25, 0.3) is 0 Å². The molecule has 4 nitrogen and oxygen atoms in total. The van der Waals surface area contributed by atoms with E-state index in [-0.39, 0.29) is 5.91 Å². The van der Waals surface area contributed by atoms with Gasteiger partial charge in [0.2, 0.25) is 5.52 Å². The zero-order valence-corrected chi connectivity index (χ0v) is 14.3. The number of anilines is 1. The van der Waals surface area contributed by atoms with Crippen molar-refractivity contribution in [2.75, 3.05) is 18.9 Å². The van der Waals surface area contributed by atoms with Gasteiger partial charge in [-0.15, -0.1) is 4.57 Å². The van der Waals surface area contributed by atoms with E-state index >= 15 is 0 Å². The van der Waals surface area contributed by atoms with Crippen molar-refractivity contribution in [1.29, 1.82) is 0 Å². The molecule has 3 aromatic rings. The lowest BCUT2D eigenvalue weighted by Gasteiger charge is -2.03. The van der Waals surface area contributed by atoms with Crippen molar-refractivity contribution < 1.29 is 9.36 Å². The van der Waals surface area contributed by atoms with Crippen molar-refractivity contribution in [2.24, 2.45) is 5.73 Å². The monoisotopic (exact) mass is 332 g/mol. The molecule has 0 radical (unpaired) electrons. The predicted octanol–water partition coefficient (Wildman–Crippen LogP) is 3.33. The topological polar surface area (TPSA) is 59.0 Å². The van der Waals surface area contributed by atoms with Gasteiger partial charge in [0.05, 0.1) is 11.8 Å². The van der Waals surface area contributed by atoms with Crippen LogP contribution in [0, 0.1) is 0 Å². The van der Waals surface area contributed by atoms with E-state index in [4.69, 9.17) is 5.73 Å². The lowest BCUT2D eigenvalue weighted by Crippen LogP contribution is -2.43. The highest BCUT2D eigenvalue weighted by molar-refractivity contribution is 5.90. The third-order valence-corrected chi connectivity index (χ3v) is 4.16. The van der Waals surface area contributed by atoms with E-state index in [1.165, 1.54) is 0 Å². The zero-order chi connectivity index (χ0) is 17.6. The van der Waals surface area contributed by atoms with Crippen molar-refractivity contribution in [3.8, 4) is 0 Å². The van der Waals surface area contributed by atoms with Crippen LogP contribution in [0.25, 0.3) is 23.1 Å². The number of carbonyl (C=O) groups is 1. The van der Waals surface area contributed by atoms with Crippen LogP contribution in [0.5, 0.6) is 0 Å². The number of nitrogens with one attached hydrogen (secondary N) is 1. The molecule has 0 spiro atoms. The molecule has 2 aromatic carbocycles. The van der Waals surface area contributed by atoms with Crippen molar-refractivity contribution in [2.45, 2.75) is 6.42 Å². The first-order valence-corrected chi connectivity index (χ1v) is 8.35. The molecule has 0 bridgehead atoms. The van der Waals surface area contributed by atoms with E-state index in [2.05, 4.69) is 29.6 Å². The summed E-state index contributed by atoms with van der Waals surface area (Å²) in [5.74, 6) is 0.0110. The number of hydrogen-bond donors (Lipinski definition) is 2. The van der Waals surface area contributed by atoms with Crippen molar-refractivity contribution in [3.63, 3.8) is 0 Å². The molecule has 1 aromatic heterocycles. The van der Waals surface area contributed by atoms with E-state index in [1.54, 1.807) is 4.57 Å². The van der Waals surface area contributed by atoms with Gasteiger partial charge in [-0.05, 0) is 29.3 Å². The first-order chi connectivity index (χ1) is 12.2. The van der Waals surface area contributed by atoms with Crippen LogP contribution in [-0.2, 0) is 0 Å². The molecule has 1 heterocycles. The summed E-state index contributed by atoms with van der Waals surface area (Å²) in [6.07, 6.45) is 6.31. The van der Waals surface area contributed by atoms with Gasteiger partial charge in [0, 0.05) is 31.4 Å². The number of rotatable bonds is 5. The fourth-order valence-electron chi connectivity index (χ4n) is 2.81. The van der Waals surface area contributed by atoms with E-state index in [1.807, 2.05) is 55.7 Å². The van der Waals surface area contributed by atoms with Gasteiger partial charge in [-0.1, -0.05) is 36.4 Å². The number of pyridine rings is 1. The summed E-state index contributed by atoms with van der Waals surface area (Å²) in [6, 6.07) is 18.1. The highest BCUT2D eigenvalue weighted by atomic mass is 16.2. The molecule has 0 aliphatic heterocycles. The van der Waals surface area contributed by atoms with Crippen LogP contribution in [0.4, 0.5) is 5.69 Å². The molecule has 0 aliphatic rings. The summed E-state index contributed by atoms with van der Waals surface area (Å²) in [4.78, 5) is 12.3. The first-order valence-electron chi connectivity index (χ1n) is 8.35. The minimum atomic E-state index is 0.0110. The van der Waals surface area contributed by atoms with Crippen molar-refractivity contribution in [3.05, 3.63) is 71.9 Å². The minimum Gasteiger partial charge on any atom is -0.388 e. The molecule has 0 fully saturated rings. The number of para-hydroxylation sites is 1. The molecule has 126 valence electrons. The molecule has 4 heteroatoms. The molecule has 0 saturated heterocycles. The Labute approximate surface area is 147 Å². The molecule has 25 heavy (non-hydrogen) atoms. The van der Waals surface area contributed by atoms with Gasteiger partial charge in [-0.25, -0.2) is 4.79 Å². The van der Waals surface area contributed by atoms with Crippen molar-refractivity contribution >= 4 is 34.6 Å². The lowest BCUT2D eigenvalue weighted by molar-refractivity contribution is -0.546. The zero-order valence-electron chi connectivity index (χ0n) is 14.3. The fourth-order valence-corrected chi connectivity index (χ4v) is 2.81. The number of aromatic nitrogens is 1. The number of nitrogens with two attached hydrogens (primary N) is 1. The Kier molecular flexibility index (Phi) is 5.21. The average Bonchev–Trinajstić information content (AvgIpc) is 2.66. The Balaban J connectivity index is 1.98. The third-order valence-electron chi connectivity index (χ3n) is 4.16. The average molecular weight is 332 g/mol. The van der Waals surface area contributed by atoms with Gasteiger partial charge in [-0.2, -0.15) is 0 Å². The van der Waals surface area contributed by atoms with Crippen LogP contribution < -0.4 is 15.6 Å². The van der Waals surface area contributed by atoms with Crippen LogP contribution in [0.2, 0.25) is 0 Å². The Bertz CT molecular complexity index is 914. The Hall–Kier alpha value is -2.98. The minimum absolute atomic E-state index is 0.0110. The maximum Gasteiger partial charge on any atom is 0.393 e. The molecular weight excluding hydrogens is 310 g/mol. The fraction of sp³-hybridized carbons (Fsp3) is 0.143. The summed E-state index contributed by atoms with van der Waals surface area (Å²) >= 11 is 0. The molecule has 3 rings (SSSR count). The number of fused-ring (bicyclic) bond motifs is 1. The SMILES string of the molecule is CNc1ccc(C=Cc2cc[n+](C(=O)CCN)c3ccccc23)cc1. The molecule has 0 unspecified atom stereocenters. The van der Waals surface area contributed by atoms with Crippen LogP contribution in [0.1, 0.15) is 22.3 Å². The Morgan fingerprint density at radius 1 is 1.08 bits per heavy atom. The van der Waals surface area contributed by atoms with Gasteiger partial charge < -0.3 is 11.1 Å². The number of nitrogens with zero attached hydrogens (tertiary/aromatic N) is 1. The van der Waals surface area contributed by atoms with Gasteiger partial charge in [0.15, 0.2) is 6.20 Å². The molecular formula is C21H22N3O+. The van der Waals surface area contributed by atoms with Crippen LogP contribution in [0.3, 0.4) is 0 Å².